The second-order valence-electron chi connectivity index (χ2n) is 6.62. The van der Waals surface area contributed by atoms with E-state index in [0.29, 0.717) is 28.6 Å². The molecule has 1 fully saturated rings. The smallest absolute Gasteiger partial charge is 0.262 e. The Morgan fingerprint density at radius 3 is 2.80 bits per heavy atom. The molecule has 1 aromatic carbocycles. The van der Waals surface area contributed by atoms with Gasteiger partial charge in [-0.3, -0.25) is 14.2 Å². The molecule has 1 heterocycles. The Hall–Kier alpha value is -1.82. The van der Waals surface area contributed by atoms with Crippen LogP contribution in [0.15, 0.2) is 34.2 Å². The fraction of sp³-hybridized carbons (Fsp3) is 0.526. The molecule has 1 amide bonds. The molecule has 1 saturated carbocycles. The number of para-hydroxylation sites is 1. The number of nitrogens with one attached hydrogen (secondary N) is 1. The Balaban J connectivity index is 1.84. The molecule has 1 aliphatic rings. The van der Waals surface area contributed by atoms with Crippen LogP contribution >= 0.6 is 11.8 Å². The Labute approximate surface area is 152 Å². The van der Waals surface area contributed by atoms with Crippen molar-refractivity contribution in [3.63, 3.8) is 0 Å². The van der Waals surface area contributed by atoms with Crippen LogP contribution in [0.1, 0.15) is 46.0 Å². The molecule has 1 aliphatic carbocycles. The third kappa shape index (κ3) is 4.06. The predicted octanol–water partition coefficient (Wildman–Crippen LogP) is 3.35. The van der Waals surface area contributed by atoms with Crippen LogP contribution in [-0.2, 0) is 11.3 Å². The lowest BCUT2D eigenvalue weighted by atomic mass is 10.2. The third-order valence-corrected chi connectivity index (χ3v) is 5.72. The zero-order valence-electron chi connectivity index (χ0n) is 14.8. The molecule has 0 bridgehead atoms. The summed E-state index contributed by atoms with van der Waals surface area (Å²) in [6.07, 6.45) is 5.36. The van der Waals surface area contributed by atoms with Gasteiger partial charge < -0.3 is 5.32 Å². The van der Waals surface area contributed by atoms with Crippen molar-refractivity contribution >= 4 is 28.6 Å². The van der Waals surface area contributed by atoms with E-state index in [1.807, 2.05) is 38.1 Å². The van der Waals surface area contributed by atoms with Gasteiger partial charge in [-0.2, -0.15) is 0 Å². The number of aromatic nitrogens is 2. The van der Waals surface area contributed by atoms with E-state index >= 15 is 0 Å². The first-order valence-corrected chi connectivity index (χ1v) is 9.94. The zero-order chi connectivity index (χ0) is 17.8. The summed E-state index contributed by atoms with van der Waals surface area (Å²) in [5.41, 5.74) is 0.657. The molecule has 25 heavy (non-hydrogen) atoms. The zero-order valence-corrected chi connectivity index (χ0v) is 15.6. The molecule has 0 saturated heterocycles. The van der Waals surface area contributed by atoms with Gasteiger partial charge in [0.25, 0.3) is 5.56 Å². The van der Waals surface area contributed by atoms with Crippen LogP contribution < -0.4 is 10.9 Å². The number of benzene rings is 1. The van der Waals surface area contributed by atoms with E-state index in [1.165, 1.54) is 24.6 Å². The van der Waals surface area contributed by atoms with Crippen molar-refractivity contribution in [2.75, 3.05) is 0 Å². The standard InChI is InChI=1S/C19H25N3O2S/c1-3-12-22-18(24)15-10-6-7-11-16(15)21-19(22)25-13(2)17(23)20-14-8-4-5-9-14/h6-7,10-11,13-14H,3-5,8-9,12H2,1-2H3,(H,20,23)/t13-/m1/s1. The van der Waals surface area contributed by atoms with Crippen molar-refractivity contribution in [2.45, 2.75) is 68.9 Å². The van der Waals surface area contributed by atoms with Gasteiger partial charge >= 0.3 is 0 Å². The molecule has 6 heteroatoms. The van der Waals surface area contributed by atoms with Crippen molar-refractivity contribution in [1.29, 1.82) is 0 Å². The summed E-state index contributed by atoms with van der Waals surface area (Å²) in [4.78, 5) is 29.9. The highest BCUT2D eigenvalue weighted by atomic mass is 32.2. The van der Waals surface area contributed by atoms with Crippen LogP contribution in [0.4, 0.5) is 0 Å². The molecule has 1 aromatic heterocycles. The van der Waals surface area contributed by atoms with Crippen LogP contribution in [0.3, 0.4) is 0 Å². The van der Waals surface area contributed by atoms with Crippen LogP contribution in [0, 0.1) is 0 Å². The Morgan fingerprint density at radius 1 is 1.36 bits per heavy atom. The van der Waals surface area contributed by atoms with E-state index in [4.69, 9.17) is 0 Å². The lowest BCUT2D eigenvalue weighted by Crippen LogP contribution is -2.38. The third-order valence-electron chi connectivity index (χ3n) is 4.63. The van der Waals surface area contributed by atoms with Crippen molar-refractivity contribution in [3.05, 3.63) is 34.6 Å². The van der Waals surface area contributed by atoms with Gasteiger partial charge in [-0.15, -0.1) is 0 Å². The molecule has 0 spiro atoms. The number of hydrogen-bond donors (Lipinski definition) is 1. The molecule has 0 radical (unpaired) electrons. The maximum atomic E-state index is 12.8. The van der Waals surface area contributed by atoms with Gasteiger partial charge in [0.1, 0.15) is 0 Å². The van der Waals surface area contributed by atoms with E-state index in [1.54, 1.807) is 4.57 Å². The summed E-state index contributed by atoms with van der Waals surface area (Å²) in [6, 6.07) is 7.69. The fourth-order valence-corrected chi connectivity index (χ4v) is 4.20. The number of carbonyl (C=O) groups excluding carboxylic acids is 1. The number of thioether (sulfide) groups is 1. The molecule has 3 rings (SSSR count). The summed E-state index contributed by atoms with van der Waals surface area (Å²) < 4.78 is 1.70. The molecule has 2 aromatic rings. The molecule has 0 aliphatic heterocycles. The second-order valence-corrected chi connectivity index (χ2v) is 7.93. The van der Waals surface area contributed by atoms with Gasteiger partial charge in [-0.05, 0) is 38.3 Å². The van der Waals surface area contributed by atoms with Crippen molar-refractivity contribution in [3.8, 4) is 0 Å². The molecule has 1 atom stereocenters. The number of amides is 1. The Morgan fingerprint density at radius 2 is 2.08 bits per heavy atom. The molecule has 5 nitrogen and oxygen atoms in total. The highest BCUT2D eigenvalue weighted by molar-refractivity contribution is 8.00. The first-order valence-electron chi connectivity index (χ1n) is 9.06. The monoisotopic (exact) mass is 359 g/mol. The van der Waals surface area contributed by atoms with E-state index in [2.05, 4.69) is 10.3 Å². The van der Waals surface area contributed by atoms with E-state index in [0.717, 1.165) is 19.3 Å². The van der Waals surface area contributed by atoms with Crippen molar-refractivity contribution in [1.82, 2.24) is 14.9 Å². The van der Waals surface area contributed by atoms with E-state index < -0.39 is 0 Å². The Kier molecular flexibility index (Phi) is 5.78. The van der Waals surface area contributed by atoms with Crippen molar-refractivity contribution < 1.29 is 4.79 Å². The second kappa shape index (κ2) is 8.04. The minimum absolute atomic E-state index is 0.0293. The Bertz CT molecular complexity index is 812. The van der Waals surface area contributed by atoms with Crippen LogP contribution in [0.5, 0.6) is 0 Å². The summed E-state index contributed by atoms with van der Waals surface area (Å²) in [5.74, 6) is 0.0300. The molecule has 134 valence electrons. The van der Waals surface area contributed by atoms with Gasteiger partial charge in [-0.25, -0.2) is 4.98 Å². The van der Waals surface area contributed by atoms with E-state index in [9.17, 15) is 9.59 Å². The lowest BCUT2D eigenvalue weighted by Gasteiger charge is -2.18. The highest BCUT2D eigenvalue weighted by Gasteiger charge is 2.23. The fourth-order valence-electron chi connectivity index (χ4n) is 3.26. The maximum absolute atomic E-state index is 12.8. The summed E-state index contributed by atoms with van der Waals surface area (Å²) >= 11 is 1.37. The molecular weight excluding hydrogens is 334 g/mol. The summed E-state index contributed by atoms with van der Waals surface area (Å²) in [6.45, 7) is 4.52. The van der Waals surface area contributed by atoms with Gasteiger partial charge in [0, 0.05) is 12.6 Å². The van der Waals surface area contributed by atoms with Crippen LogP contribution in [0.2, 0.25) is 0 Å². The normalized spacial score (nSPS) is 16.2. The number of hydrogen-bond acceptors (Lipinski definition) is 4. The number of fused-ring (bicyclic) bond motifs is 1. The summed E-state index contributed by atoms with van der Waals surface area (Å²) in [7, 11) is 0. The minimum Gasteiger partial charge on any atom is -0.352 e. The SMILES string of the molecule is CCCn1c(S[C@H](C)C(=O)NC2CCCC2)nc2ccccc2c1=O. The highest BCUT2D eigenvalue weighted by Crippen LogP contribution is 2.24. The number of nitrogens with zero attached hydrogens (tertiary/aromatic N) is 2. The molecular formula is C19H25N3O2S. The number of carbonyl (C=O) groups is 1. The molecule has 1 N–H and O–H groups in total. The van der Waals surface area contributed by atoms with Gasteiger partial charge in [-0.1, -0.05) is 43.7 Å². The molecule has 0 unspecified atom stereocenters. The first-order chi connectivity index (χ1) is 12.1. The largest absolute Gasteiger partial charge is 0.352 e. The van der Waals surface area contributed by atoms with Crippen molar-refractivity contribution in [2.24, 2.45) is 0 Å². The average Bonchev–Trinajstić information content (AvgIpc) is 3.11. The van der Waals surface area contributed by atoms with Crippen LogP contribution in [-0.4, -0.2) is 26.8 Å². The van der Waals surface area contributed by atoms with E-state index in [-0.39, 0.29) is 16.7 Å². The van der Waals surface area contributed by atoms with Gasteiger partial charge in [0.15, 0.2) is 5.16 Å². The number of rotatable bonds is 6. The predicted molar refractivity (Wildman–Crippen MR) is 102 cm³/mol. The topological polar surface area (TPSA) is 64.0 Å². The average molecular weight is 359 g/mol. The van der Waals surface area contributed by atoms with Gasteiger partial charge in [0.05, 0.1) is 16.2 Å². The van der Waals surface area contributed by atoms with Gasteiger partial charge in [0.2, 0.25) is 5.91 Å². The quantitative estimate of drug-likeness (QED) is 0.635. The first kappa shape index (κ1) is 18.0. The van der Waals surface area contributed by atoms with Crippen LogP contribution in [0.25, 0.3) is 10.9 Å². The minimum atomic E-state index is -0.281. The maximum Gasteiger partial charge on any atom is 0.262 e. The lowest BCUT2D eigenvalue weighted by molar-refractivity contribution is -0.120. The summed E-state index contributed by atoms with van der Waals surface area (Å²) in [5, 5.41) is 4.10.